The average molecular weight is 304 g/mol. The number of hydroxylamine groups is 2. The van der Waals surface area contributed by atoms with E-state index in [0.29, 0.717) is 5.56 Å². The van der Waals surface area contributed by atoms with Gasteiger partial charge in [0.25, 0.3) is 0 Å². The van der Waals surface area contributed by atoms with Crippen LogP contribution in [-0.4, -0.2) is 28.8 Å². The van der Waals surface area contributed by atoms with Crippen LogP contribution in [-0.2, 0) is 17.4 Å². The molecule has 0 bridgehead atoms. The Morgan fingerprint density at radius 3 is 2.10 bits per heavy atom. The zero-order valence-electron chi connectivity index (χ0n) is 12.4. The minimum atomic E-state index is -4.36. The lowest BCUT2D eigenvalue weighted by molar-refractivity contribution is -0.169. The van der Waals surface area contributed by atoms with Crippen molar-refractivity contribution in [1.82, 2.24) is 5.06 Å². The first kappa shape index (κ1) is 17.3. The predicted molar refractivity (Wildman–Crippen MR) is 73.0 cm³/mol. The number of hydrogen-bond acceptors (Lipinski definition) is 3. The van der Waals surface area contributed by atoms with E-state index in [2.05, 4.69) is 5.16 Å². The Kier molecular flexibility index (Phi) is 5.22. The van der Waals surface area contributed by atoms with Crippen molar-refractivity contribution in [2.24, 2.45) is 5.16 Å². The highest BCUT2D eigenvalue weighted by Crippen LogP contribution is 2.29. The minimum absolute atomic E-state index is 0.154. The highest BCUT2D eigenvalue weighted by atomic mass is 19.4. The summed E-state index contributed by atoms with van der Waals surface area (Å²) >= 11 is 0. The normalized spacial score (nSPS) is 13.4. The van der Waals surface area contributed by atoms with E-state index in [4.69, 9.17) is 10.0 Å². The summed E-state index contributed by atoms with van der Waals surface area (Å²) in [7, 11) is 1.57. The molecule has 21 heavy (non-hydrogen) atoms. The second kappa shape index (κ2) is 6.34. The molecule has 1 rings (SSSR count). The van der Waals surface area contributed by atoms with E-state index in [1.165, 1.54) is 17.2 Å². The summed E-state index contributed by atoms with van der Waals surface area (Å²) in [6, 6.07) is 4.68. The van der Waals surface area contributed by atoms with Crippen LogP contribution >= 0.6 is 0 Å². The van der Waals surface area contributed by atoms with Gasteiger partial charge < -0.3 is 5.21 Å². The molecule has 1 aromatic rings. The number of benzene rings is 1. The third-order valence-electron chi connectivity index (χ3n) is 2.53. The Labute approximate surface area is 121 Å². The van der Waals surface area contributed by atoms with Gasteiger partial charge in [-0.15, -0.1) is 0 Å². The molecule has 0 radical (unpaired) electrons. The number of likely N-dealkylation sites (N-methyl/N-ethyl adjacent to an activating group) is 1. The number of nitrogens with zero attached hydrogens (tertiary/aromatic N) is 2. The Hall–Kier alpha value is -1.76. The Balaban J connectivity index is 2.79. The van der Waals surface area contributed by atoms with Crippen molar-refractivity contribution in [3.8, 4) is 0 Å². The maximum Gasteiger partial charge on any atom is 0.416 e. The van der Waals surface area contributed by atoms with Crippen molar-refractivity contribution in [1.29, 1.82) is 0 Å². The van der Waals surface area contributed by atoms with E-state index in [0.717, 1.165) is 12.1 Å². The SMILES string of the molecule is CN(OC(C)(C)C)/C(Cc1ccc(C(F)(F)F)cc1)=N\O. The molecule has 0 saturated heterocycles. The van der Waals surface area contributed by atoms with Gasteiger partial charge in [0.2, 0.25) is 0 Å². The largest absolute Gasteiger partial charge is 0.416 e. The predicted octanol–water partition coefficient (Wildman–Crippen LogP) is 3.70. The molecule has 0 saturated carbocycles. The molecule has 0 amide bonds. The summed E-state index contributed by atoms with van der Waals surface area (Å²) < 4.78 is 37.4. The third-order valence-corrected chi connectivity index (χ3v) is 2.53. The van der Waals surface area contributed by atoms with Crippen molar-refractivity contribution in [2.45, 2.75) is 39.0 Å². The van der Waals surface area contributed by atoms with Gasteiger partial charge in [-0.3, -0.25) is 4.84 Å². The van der Waals surface area contributed by atoms with E-state index < -0.39 is 17.3 Å². The zero-order valence-corrected chi connectivity index (χ0v) is 12.4. The first-order valence-electron chi connectivity index (χ1n) is 6.33. The summed E-state index contributed by atoms with van der Waals surface area (Å²) in [6.45, 7) is 5.49. The Bertz CT molecular complexity index is 490. The number of alkyl halides is 3. The molecule has 4 nitrogen and oxygen atoms in total. The highest BCUT2D eigenvalue weighted by Gasteiger charge is 2.30. The highest BCUT2D eigenvalue weighted by molar-refractivity contribution is 5.82. The van der Waals surface area contributed by atoms with Crippen molar-refractivity contribution in [2.75, 3.05) is 7.05 Å². The summed E-state index contributed by atoms with van der Waals surface area (Å²) in [5.74, 6) is 0.199. The van der Waals surface area contributed by atoms with Gasteiger partial charge in [0.15, 0.2) is 5.84 Å². The molecular weight excluding hydrogens is 285 g/mol. The summed E-state index contributed by atoms with van der Waals surface area (Å²) in [6.07, 6.45) is -4.21. The van der Waals surface area contributed by atoms with Crippen molar-refractivity contribution >= 4 is 5.84 Å². The molecule has 0 aromatic heterocycles. The van der Waals surface area contributed by atoms with Crippen LogP contribution in [0.5, 0.6) is 0 Å². The smallest absolute Gasteiger partial charge is 0.409 e. The van der Waals surface area contributed by atoms with Crippen LogP contribution in [0.15, 0.2) is 29.4 Å². The minimum Gasteiger partial charge on any atom is -0.409 e. The molecule has 0 fully saturated rings. The first-order chi connectivity index (χ1) is 9.53. The summed E-state index contributed by atoms with van der Waals surface area (Å²) in [5, 5.41) is 13.5. The van der Waals surface area contributed by atoms with Gasteiger partial charge in [0.05, 0.1) is 11.2 Å². The van der Waals surface area contributed by atoms with Crippen LogP contribution in [0.2, 0.25) is 0 Å². The number of hydrogen-bond donors (Lipinski definition) is 1. The number of amidine groups is 1. The van der Waals surface area contributed by atoms with Gasteiger partial charge in [-0.25, -0.2) is 5.06 Å². The lowest BCUT2D eigenvalue weighted by atomic mass is 10.1. The van der Waals surface area contributed by atoms with E-state index in [-0.39, 0.29) is 12.3 Å². The van der Waals surface area contributed by atoms with Crippen LogP contribution in [0.1, 0.15) is 31.9 Å². The molecule has 1 aromatic carbocycles. The maximum atomic E-state index is 12.5. The Morgan fingerprint density at radius 2 is 1.71 bits per heavy atom. The molecule has 0 aliphatic carbocycles. The van der Waals surface area contributed by atoms with Crippen LogP contribution in [0.25, 0.3) is 0 Å². The van der Waals surface area contributed by atoms with Crippen molar-refractivity contribution in [3.05, 3.63) is 35.4 Å². The fourth-order valence-electron chi connectivity index (χ4n) is 1.67. The van der Waals surface area contributed by atoms with Gasteiger partial charge in [-0.1, -0.05) is 17.3 Å². The molecule has 0 atom stereocenters. The molecular formula is C14H19F3N2O2. The molecule has 0 heterocycles. The molecule has 0 aliphatic heterocycles. The number of halogens is 3. The molecule has 0 aliphatic rings. The molecule has 118 valence electrons. The second-order valence-corrected chi connectivity index (χ2v) is 5.59. The van der Waals surface area contributed by atoms with Crippen LogP contribution < -0.4 is 0 Å². The monoisotopic (exact) mass is 304 g/mol. The zero-order chi connectivity index (χ0) is 16.3. The van der Waals surface area contributed by atoms with Crippen LogP contribution in [0.3, 0.4) is 0 Å². The topological polar surface area (TPSA) is 45.1 Å². The molecule has 7 heteroatoms. The molecule has 1 N–H and O–H groups in total. The number of rotatable bonds is 3. The summed E-state index contributed by atoms with van der Waals surface area (Å²) in [5.41, 5.74) is -0.613. The van der Waals surface area contributed by atoms with E-state index in [1.807, 2.05) is 20.8 Å². The van der Waals surface area contributed by atoms with Crippen molar-refractivity contribution < 1.29 is 23.2 Å². The van der Waals surface area contributed by atoms with E-state index in [9.17, 15) is 13.2 Å². The standard InChI is InChI=1S/C14H19F3N2O2/c1-13(2,3)21-19(4)12(18-20)9-10-5-7-11(8-6-10)14(15,16)17/h5-8,20H,9H2,1-4H3/b18-12-. The Morgan fingerprint density at radius 1 is 1.19 bits per heavy atom. The molecule has 0 unspecified atom stereocenters. The van der Waals surface area contributed by atoms with Gasteiger partial charge in [0, 0.05) is 13.5 Å². The number of oxime groups is 1. The van der Waals surface area contributed by atoms with Gasteiger partial charge in [-0.05, 0) is 38.5 Å². The van der Waals surface area contributed by atoms with E-state index in [1.54, 1.807) is 7.05 Å². The first-order valence-corrected chi connectivity index (χ1v) is 6.33. The fourth-order valence-corrected chi connectivity index (χ4v) is 1.67. The lowest BCUT2D eigenvalue weighted by Gasteiger charge is -2.28. The van der Waals surface area contributed by atoms with Crippen molar-refractivity contribution in [3.63, 3.8) is 0 Å². The van der Waals surface area contributed by atoms with Crippen LogP contribution in [0.4, 0.5) is 13.2 Å². The quantitative estimate of drug-likeness (QED) is 0.401. The van der Waals surface area contributed by atoms with Gasteiger partial charge in [-0.2, -0.15) is 13.2 Å². The maximum absolute atomic E-state index is 12.5. The van der Waals surface area contributed by atoms with Gasteiger partial charge >= 0.3 is 6.18 Å². The average Bonchev–Trinajstić information content (AvgIpc) is 2.33. The summed E-state index contributed by atoms with van der Waals surface area (Å²) in [4.78, 5) is 5.50. The lowest BCUT2D eigenvalue weighted by Crippen LogP contribution is -2.36. The molecule has 0 spiro atoms. The third kappa shape index (κ3) is 5.63. The van der Waals surface area contributed by atoms with Crippen LogP contribution in [0, 0.1) is 0 Å². The fraction of sp³-hybridized carbons (Fsp3) is 0.500. The van der Waals surface area contributed by atoms with E-state index >= 15 is 0 Å². The second-order valence-electron chi connectivity index (χ2n) is 5.59. The van der Waals surface area contributed by atoms with Gasteiger partial charge in [0.1, 0.15) is 0 Å².